The van der Waals surface area contributed by atoms with Crippen molar-refractivity contribution in [2.75, 3.05) is 0 Å². The molecule has 0 saturated heterocycles. The Bertz CT molecular complexity index is 413. The lowest BCUT2D eigenvalue weighted by Gasteiger charge is -2.03. The van der Waals surface area contributed by atoms with Crippen LogP contribution in [0.4, 0.5) is 0 Å². The Morgan fingerprint density at radius 1 is 1.36 bits per heavy atom. The highest BCUT2D eigenvalue weighted by molar-refractivity contribution is 5.89. The zero-order chi connectivity index (χ0) is 9.97. The molecule has 2 rings (SSSR count). The smallest absolute Gasteiger partial charge is 0.389 e. The van der Waals surface area contributed by atoms with Crippen LogP contribution in [0.1, 0.15) is 17.5 Å². The minimum Gasteiger partial charge on any atom is -0.417 e. The van der Waals surface area contributed by atoms with E-state index in [1.54, 1.807) is 6.07 Å². The molecule has 0 spiro atoms. The van der Waals surface area contributed by atoms with Crippen molar-refractivity contribution in [1.82, 2.24) is 0 Å². The molecular formula is C12H10O2. The van der Waals surface area contributed by atoms with Gasteiger partial charge in [0.1, 0.15) is 5.75 Å². The quantitative estimate of drug-likeness (QED) is 0.289. The number of hydrogen-bond acceptors (Lipinski definition) is 2. The van der Waals surface area contributed by atoms with Gasteiger partial charge in [0, 0.05) is 5.92 Å². The van der Waals surface area contributed by atoms with Crippen LogP contribution in [0.3, 0.4) is 0 Å². The first kappa shape index (κ1) is 8.83. The van der Waals surface area contributed by atoms with E-state index in [1.807, 2.05) is 18.1 Å². The van der Waals surface area contributed by atoms with Gasteiger partial charge >= 0.3 is 5.97 Å². The molecule has 0 heterocycles. The van der Waals surface area contributed by atoms with Crippen LogP contribution in [0.15, 0.2) is 18.2 Å². The summed E-state index contributed by atoms with van der Waals surface area (Å²) in [6.07, 6.45) is 8.28. The molecule has 70 valence electrons. The van der Waals surface area contributed by atoms with Crippen LogP contribution in [0, 0.1) is 12.3 Å². The molecule has 14 heavy (non-hydrogen) atoms. The van der Waals surface area contributed by atoms with E-state index >= 15 is 0 Å². The summed E-state index contributed by atoms with van der Waals surface area (Å²) >= 11 is 0. The first-order valence-electron chi connectivity index (χ1n) is 4.60. The van der Waals surface area contributed by atoms with E-state index in [9.17, 15) is 4.79 Å². The summed E-state index contributed by atoms with van der Waals surface area (Å²) < 4.78 is 4.91. The van der Waals surface area contributed by atoms with Crippen molar-refractivity contribution in [2.45, 2.75) is 19.3 Å². The summed E-state index contributed by atoms with van der Waals surface area (Å²) in [4.78, 5) is 10.8. The third kappa shape index (κ3) is 1.62. The van der Waals surface area contributed by atoms with Crippen molar-refractivity contribution in [3.63, 3.8) is 0 Å². The van der Waals surface area contributed by atoms with E-state index in [0.29, 0.717) is 5.75 Å². The average molecular weight is 186 g/mol. The maximum absolute atomic E-state index is 10.8. The van der Waals surface area contributed by atoms with E-state index in [1.165, 1.54) is 17.5 Å². The normalized spacial score (nSPS) is 13.1. The molecule has 0 saturated carbocycles. The second kappa shape index (κ2) is 3.55. The number of carbonyl (C=O) groups is 1. The fourth-order valence-electron chi connectivity index (χ4n) is 1.75. The highest BCUT2D eigenvalue weighted by atomic mass is 16.5. The molecule has 2 heteroatoms. The number of carbonyl (C=O) groups excluding carboxylic acids is 1. The Morgan fingerprint density at radius 3 is 2.93 bits per heavy atom. The van der Waals surface area contributed by atoms with Crippen LogP contribution >= 0.6 is 0 Å². The van der Waals surface area contributed by atoms with Crippen molar-refractivity contribution >= 4 is 5.97 Å². The number of benzene rings is 1. The van der Waals surface area contributed by atoms with Crippen molar-refractivity contribution in [3.05, 3.63) is 29.3 Å². The van der Waals surface area contributed by atoms with E-state index < -0.39 is 5.97 Å². The molecule has 1 aromatic carbocycles. The average Bonchev–Trinajstić information content (AvgIpc) is 2.64. The van der Waals surface area contributed by atoms with Crippen LogP contribution < -0.4 is 4.74 Å². The topological polar surface area (TPSA) is 26.3 Å². The molecule has 0 atom stereocenters. The van der Waals surface area contributed by atoms with Gasteiger partial charge in [0.05, 0.1) is 0 Å². The zero-order valence-corrected chi connectivity index (χ0v) is 7.75. The predicted octanol–water partition coefficient (Wildman–Crippen LogP) is 1.71. The van der Waals surface area contributed by atoms with Gasteiger partial charge in [0.15, 0.2) is 0 Å². The Morgan fingerprint density at radius 2 is 2.14 bits per heavy atom. The van der Waals surface area contributed by atoms with Crippen molar-refractivity contribution in [1.29, 1.82) is 0 Å². The maximum Gasteiger partial charge on any atom is 0.389 e. The van der Waals surface area contributed by atoms with Gasteiger partial charge in [0.25, 0.3) is 0 Å². The molecule has 0 fully saturated rings. The van der Waals surface area contributed by atoms with Crippen molar-refractivity contribution in [3.8, 4) is 18.1 Å². The van der Waals surface area contributed by atoms with Gasteiger partial charge in [-0.05, 0) is 42.5 Å². The summed E-state index contributed by atoms with van der Waals surface area (Å²) in [6, 6.07) is 5.69. The first-order chi connectivity index (χ1) is 6.79. The Balaban J connectivity index is 2.21. The fraction of sp³-hybridized carbons (Fsp3) is 0.250. The van der Waals surface area contributed by atoms with E-state index in [0.717, 1.165) is 12.8 Å². The van der Waals surface area contributed by atoms with E-state index in [4.69, 9.17) is 11.2 Å². The lowest BCUT2D eigenvalue weighted by Crippen LogP contribution is -2.04. The van der Waals surface area contributed by atoms with Gasteiger partial charge in [-0.15, -0.1) is 6.42 Å². The van der Waals surface area contributed by atoms with Gasteiger partial charge in [-0.1, -0.05) is 6.07 Å². The van der Waals surface area contributed by atoms with Gasteiger partial charge in [0.2, 0.25) is 0 Å². The van der Waals surface area contributed by atoms with Gasteiger partial charge in [-0.2, -0.15) is 0 Å². The standard InChI is InChI=1S/C12H10O2/c1-2-12(13)14-11-7-6-9-4-3-5-10(9)8-11/h1,6-8H,3-5H2. The molecule has 0 radical (unpaired) electrons. The second-order valence-corrected chi connectivity index (χ2v) is 3.32. The molecule has 0 amide bonds. The third-order valence-corrected chi connectivity index (χ3v) is 2.40. The zero-order valence-electron chi connectivity index (χ0n) is 7.75. The minimum atomic E-state index is -0.636. The first-order valence-corrected chi connectivity index (χ1v) is 4.60. The molecule has 0 N–H and O–H groups in total. The highest BCUT2D eigenvalue weighted by Crippen LogP contribution is 2.25. The van der Waals surface area contributed by atoms with E-state index in [2.05, 4.69) is 0 Å². The number of ether oxygens (including phenoxy) is 1. The fourth-order valence-corrected chi connectivity index (χ4v) is 1.75. The van der Waals surface area contributed by atoms with Gasteiger partial charge in [-0.25, -0.2) is 4.79 Å². The Labute approximate surface area is 82.9 Å². The number of esters is 1. The number of fused-ring (bicyclic) bond motifs is 1. The molecule has 1 aromatic rings. The van der Waals surface area contributed by atoms with Crippen LogP contribution in [-0.2, 0) is 17.6 Å². The van der Waals surface area contributed by atoms with Crippen molar-refractivity contribution in [2.24, 2.45) is 0 Å². The van der Waals surface area contributed by atoms with Gasteiger partial charge in [-0.3, -0.25) is 0 Å². The minimum absolute atomic E-state index is 0.550. The maximum atomic E-state index is 10.8. The molecule has 2 nitrogen and oxygen atoms in total. The number of hydrogen-bond donors (Lipinski definition) is 0. The molecule has 0 aliphatic heterocycles. The van der Waals surface area contributed by atoms with Crippen LogP contribution in [0.25, 0.3) is 0 Å². The monoisotopic (exact) mass is 186 g/mol. The number of aryl methyl sites for hydroxylation is 2. The highest BCUT2D eigenvalue weighted by Gasteiger charge is 2.11. The summed E-state index contributed by atoms with van der Waals surface area (Å²) in [6.45, 7) is 0. The predicted molar refractivity (Wildman–Crippen MR) is 52.9 cm³/mol. The summed E-state index contributed by atoms with van der Waals surface area (Å²) in [7, 11) is 0. The molecular weight excluding hydrogens is 176 g/mol. The van der Waals surface area contributed by atoms with Crippen LogP contribution in [0.2, 0.25) is 0 Å². The van der Waals surface area contributed by atoms with Gasteiger partial charge < -0.3 is 4.74 Å². The number of rotatable bonds is 1. The van der Waals surface area contributed by atoms with E-state index in [-0.39, 0.29) is 0 Å². The molecule has 1 aliphatic carbocycles. The SMILES string of the molecule is C#CC(=O)Oc1ccc2c(c1)CCC2. The molecule has 0 bridgehead atoms. The summed E-state index contributed by atoms with van der Waals surface area (Å²) in [5.74, 6) is 1.83. The lowest BCUT2D eigenvalue weighted by molar-refractivity contribution is -0.128. The summed E-state index contributed by atoms with van der Waals surface area (Å²) in [5.41, 5.74) is 2.62. The molecule has 0 unspecified atom stereocenters. The third-order valence-electron chi connectivity index (χ3n) is 2.40. The Hall–Kier alpha value is -1.75. The largest absolute Gasteiger partial charge is 0.417 e. The van der Waals surface area contributed by atoms with Crippen LogP contribution in [0.5, 0.6) is 5.75 Å². The second-order valence-electron chi connectivity index (χ2n) is 3.32. The molecule has 1 aliphatic rings. The van der Waals surface area contributed by atoms with Crippen LogP contribution in [-0.4, -0.2) is 5.97 Å². The summed E-state index contributed by atoms with van der Waals surface area (Å²) in [5, 5.41) is 0. The Kier molecular flexibility index (Phi) is 2.24. The van der Waals surface area contributed by atoms with Crippen molar-refractivity contribution < 1.29 is 9.53 Å². The molecule has 0 aromatic heterocycles. The number of terminal acetylenes is 1. The lowest BCUT2D eigenvalue weighted by atomic mass is 10.1.